The number of hydrogen-bond acceptors (Lipinski definition) is 7. The van der Waals surface area contributed by atoms with Crippen molar-refractivity contribution >= 4 is 33.4 Å². The number of fused-ring (bicyclic) bond motifs is 1. The largest absolute Gasteiger partial charge is 0.354 e. The van der Waals surface area contributed by atoms with E-state index in [1.54, 1.807) is 0 Å². The van der Waals surface area contributed by atoms with Crippen LogP contribution < -0.4 is 16.2 Å². The van der Waals surface area contributed by atoms with Crippen molar-refractivity contribution in [3.8, 4) is 10.4 Å². The Kier molecular flexibility index (Phi) is 7.19. The summed E-state index contributed by atoms with van der Waals surface area (Å²) in [6, 6.07) is 10.0. The maximum Gasteiger partial charge on any atom is 0.261 e. The lowest BCUT2D eigenvalue weighted by Gasteiger charge is -2.32. The van der Waals surface area contributed by atoms with Gasteiger partial charge in [0, 0.05) is 57.1 Å². The maximum absolute atomic E-state index is 12.7. The highest BCUT2D eigenvalue weighted by Crippen LogP contribution is 2.35. The molecule has 3 N–H and O–H groups in total. The first-order valence-electron chi connectivity index (χ1n) is 11.0. The number of hydrogen-bond donors (Lipinski definition) is 3. The number of amides is 1. The molecule has 0 bridgehead atoms. The lowest BCUT2D eigenvalue weighted by atomic mass is 10.1. The van der Waals surface area contributed by atoms with Crippen molar-refractivity contribution in [2.45, 2.75) is 13.3 Å². The average Bonchev–Trinajstić information content (AvgIpc) is 3.13. The second kappa shape index (κ2) is 10.2. The number of nitrogens with one attached hydrogen (secondary N) is 3. The van der Waals surface area contributed by atoms with Crippen molar-refractivity contribution in [1.82, 2.24) is 25.1 Å². The fraction of sp³-hybridized carbons (Fsp3) is 0.435. The van der Waals surface area contributed by atoms with Gasteiger partial charge in [0.15, 0.2) is 0 Å². The maximum atomic E-state index is 12.7. The van der Waals surface area contributed by atoms with E-state index in [0.29, 0.717) is 35.7 Å². The number of carbonyl (C=O) groups excluding carboxylic acids is 1. The Bertz CT molecular complexity index is 1120. The molecule has 4 rings (SSSR count). The van der Waals surface area contributed by atoms with Gasteiger partial charge < -0.3 is 20.4 Å². The Balaban J connectivity index is 1.29. The minimum absolute atomic E-state index is 0.0454. The predicted octanol–water partition coefficient (Wildman–Crippen LogP) is 2.13. The third kappa shape index (κ3) is 5.35. The Morgan fingerprint density at radius 3 is 2.66 bits per heavy atom. The molecule has 2 aromatic heterocycles. The van der Waals surface area contributed by atoms with Crippen molar-refractivity contribution in [3.63, 3.8) is 0 Å². The Morgan fingerprint density at radius 2 is 1.91 bits per heavy atom. The van der Waals surface area contributed by atoms with Gasteiger partial charge in [0.25, 0.3) is 5.56 Å². The normalized spacial score (nSPS) is 15.2. The molecule has 8 nitrogen and oxygen atoms in total. The zero-order chi connectivity index (χ0) is 22.5. The highest BCUT2D eigenvalue weighted by Gasteiger charge is 2.16. The average molecular weight is 455 g/mol. The van der Waals surface area contributed by atoms with Crippen LogP contribution in [-0.4, -0.2) is 78.5 Å². The number of piperazine rings is 1. The molecule has 0 radical (unpaired) electrons. The standard InChI is InChI=1S/C23H30N6O2S/c1-16-19-21(31)26-23(27-22(19)32-20(16)17-6-4-3-5-7-17)25-10-9-24-18(30)8-11-29-14-12-28(2)13-15-29/h3-7H,8-15H2,1-2H3,(H,24,30)(H2,25,26,27,31). The second-order valence-corrected chi connectivity index (χ2v) is 9.19. The topological polar surface area (TPSA) is 93.4 Å². The summed E-state index contributed by atoms with van der Waals surface area (Å²) in [7, 11) is 2.12. The van der Waals surface area contributed by atoms with Gasteiger partial charge in [0.2, 0.25) is 11.9 Å². The monoisotopic (exact) mass is 454 g/mol. The number of likely N-dealkylation sites (N-methyl/N-ethyl adjacent to an activating group) is 1. The quantitative estimate of drug-likeness (QED) is 0.452. The van der Waals surface area contributed by atoms with E-state index < -0.39 is 0 Å². The molecule has 170 valence electrons. The highest BCUT2D eigenvalue weighted by atomic mass is 32.1. The number of anilines is 1. The van der Waals surface area contributed by atoms with Gasteiger partial charge in [-0.3, -0.25) is 14.6 Å². The van der Waals surface area contributed by atoms with Crippen molar-refractivity contribution in [2.24, 2.45) is 0 Å². The molecule has 9 heteroatoms. The summed E-state index contributed by atoms with van der Waals surface area (Å²) in [5.41, 5.74) is 1.88. The summed E-state index contributed by atoms with van der Waals surface area (Å²) in [5.74, 6) is 0.471. The number of benzene rings is 1. The van der Waals surface area contributed by atoms with Crippen LogP contribution in [0.5, 0.6) is 0 Å². The van der Waals surface area contributed by atoms with Crippen LogP contribution >= 0.6 is 11.3 Å². The minimum Gasteiger partial charge on any atom is -0.354 e. The molecule has 1 amide bonds. The summed E-state index contributed by atoms with van der Waals surface area (Å²) in [6.07, 6.45) is 0.501. The van der Waals surface area contributed by atoms with Gasteiger partial charge in [-0.1, -0.05) is 30.3 Å². The SMILES string of the molecule is Cc1c(-c2ccccc2)sc2nc(NCCNC(=O)CCN3CCN(C)CC3)[nH]c(=O)c12. The number of rotatable bonds is 8. The Morgan fingerprint density at radius 1 is 1.16 bits per heavy atom. The first-order chi connectivity index (χ1) is 15.5. The summed E-state index contributed by atoms with van der Waals surface area (Å²) < 4.78 is 0. The van der Waals surface area contributed by atoms with E-state index in [1.165, 1.54) is 11.3 Å². The minimum atomic E-state index is -0.148. The molecular formula is C23H30N6O2S. The molecule has 0 atom stereocenters. The first-order valence-corrected chi connectivity index (χ1v) is 11.8. The third-order valence-corrected chi connectivity index (χ3v) is 7.06. The van der Waals surface area contributed by atoms with Crippen molar-refractivity contribution in [3.05, 3.63) is 46.2 Å². The molecule has 0 aliphatic carbocycles. The summed E-state index contributed by atoms with van der Waals surface area (Å²) in [4.78, 5) is 38.6. The lowest BCUT2D eigenvalue weighted by Crippen LogP contribution is -2.45. The van der Waals surface area contributed by atoms with E-state index in [0.717, 1.165) is 48.7 Å². The molecule has 3 heterocycles. The van der Waals surface area contributed by atoms with Gasteiger partial charge in [-0.05, 0) is 25.1 Å². The van der Waals surface area contributed by atoms with Gasteiger partial charge in [-0.2, -0.15) is 0 Å². The molecule has 1 aromatic carbocycles. The summed E-state index contributed by atoms with van der Waals surface area (Å²) in [6.45, 7) is 7.85. The number of thiophene rings is 1. The van der Waals surface area contributed by atoms with Crippen LogP contribution in [0, 0.1) is 6.92 Å². The van der Waals surface area contributed by atoms with Crippen LogP contribution in [0.1, 0.15) is 12.0 Å². The molecule has 3 aromatic rings. The van der Waals surface area contributed by atoms with Crippen molar-refractivity contribution in [1.29, 1.82) is 0 Å². The van der Waals surface area contributed by atoms with Gasteiger partial charge in [-0.15, -0.1) is 11.3 Å². The van der Waals surface area contributed by atoms with Gasteiger partial charge in [0.1, 0.15) is 4.83 Å². The molecule has 32 heavy (non-hydrogen) atoms. The Labute approximate surface area is 191 Å². The van der Waals surface area contributed by atoms with Gasteiger partial charge in [0.05, 0.1) is 5.39 Å². The third-order valence-electron chi connectivity index (χ3n) is 5.83. The van der Waals surface area contributed by atoms with Crippen LogP contribution in [0.4, 0.5) is 5.95 Å². The number of nitrogens with zero attached hydrogens (tertiary/aromatic N) is 3. The van der Waals surface area contributed by atoms with Gasteiger partial charge >= 0.3 is 0 Å². The predicted molar refractivity (Wildman–Crippen MR) is 130 cm³/mol. The molecule has 1 aliphatic heterocycles. The van der Waals surface area contributed by atoms with E-state index in [9.17, 15) is 9.59 Å². The van der Waals surface area contributed by atoms with Crippen LogP contribution in [-0.2, 0) is 4.79 Å². The zero-order valence-corrected chi connectivity index (χ0v) is 19.4. The highest BCUT2D eigenvalue weighted by molar-refractivity contribution is 7.22. The van der Waals surface area contributed by atoms with E-state index in [-0.39, 0.29) is 11.5 Å². The molecule has 0 spiro atoms. The van der Waals surface area contributed by atoms with Crippen LogP contribution in [0.2, 0.25) is 0 Å². The second-order valence-electron chi connectivity index (χ2n) is 8.19. The summed E-state index contributed by atoms with van der Waals surface area (Å²) >= 11 is 1.52. The first kappa shape index (κ1) is 22.4. The zero-order valence-electron chi connectivity index (χ0n) is 18.6. The van der Waals surface area contributed by atoms with Crippen molar-refractivity contribution in [2.75, 3.05) is 58.2 Å². The van der Waals surface area contributed by atoms with E-state index in [4.69, 9.17) is 0 Å². The number of H-pyrrole nitrogens is 1. The molecule has 1 saturated heterocycles. The smallest absolute Gasteiger partial charge is 0.261 e. The van der Waals surface area contributed by atoms with Crippen LogP contribution in [0.15, 0.2) is 35.1 Å². The summed E-state index contributed by atoms with van der Waals surface area (Å²) in [5, 5.41) is 6.69. The molecule has 0 saturated carbocycles. The molecule has 0 unspecified atom stereocenters. The fourth-order valence-corrected chi connectivity index (χ4v) is 5.08. The number of carbonyl (C=O) groups is 1. The molecular weight excluding hydrogens is 424 g/mol. The number of aromatic nitrogens is 2. The molecule has 1 fully saturated rings. The number of aryl methyl sites for hydroxylation is 1. The molecule has 1 aliphatic rings. The van der Waals surface area contributed by atoms with Gasteiger partial charge in [-0.25, -0.2) is 4.98 Å². The van der Waals surface area contributed by atoms with E-state index in [2.05, 4.69) is 37.4 Å². The van der Waals surface area contributed by atoms with Crippen LogP contribution in [0.25, 0.3) is 20.7 Å². The van der Waals surface area contributed by atoms with Crippen LogP contribution in [0.3, 0.4) is 0 Å². The van der Waals surface area contributed by atoms with Crippen molar-refractivity contribution < 1.29 is 4.79 Å². The lowest BCUT2D eigenvalue weighted by molar-refractivity contribution is -0.121. The van der Waals surface area contributed by atoms with E-state index >= 15 is 0 Å². The number of aromatic amines is 1. The van der Waals surface area contributed by atoms with E-state index in [1.807, 2.05) is 37.3 Å². The Hall–Kier alpha value is -2.75. The fourth-order valence-electron chi connectivity index (χ4n) is 3.89.